The number of nitrogens with zero attached hydrogens (tertiary/aromatic N) is 1. The normalized spacial score (nSPS) is 26.6. The summed E-state index contributed by atoms with van der Waals surface area (Å²) in [6.45, 7) is 1.85. The third-order valence-corrected chi connectivity index (χ3v) is 12.0. The summed E-state index contributed by atoms with van der Waals surface area (Å²) < 4.78 is 11.8. The van der Waals surface area contributed by atoms with Crippen molar-refractivity contribution in [2.24, 2.45) is 23.7 Å². The van der Waals surface area contributed by atoms with E-state index < -0.39 is 35.0 Å². The average Bonchev–Trinajstić information content (AvgIpc) is 3.42. The van der Waals surface area contributed by atoms with E-state index in [1.165, 1.54) is 37.3 Å². The van der Waals surface area contributed by atoms with Gasteiger partial charge in [0.2, 0.25) is 11.8 Å². The molecular weight excluding hydrogens is 678 g/mol. The Morgan fingerprint density at radius 2 is 1.48 bits per heavy atom. The highest BCUT2D eigenvalue weighted by molar-refractivity contribution is 6.33. The number of fused-ring (bicyclic) bond motifs is 4. The number of Topliss-reactive ketones (excluding diaryl/α,β-unsaturated/α-hetero) is 1. The highest BCUT2D eigenvalue weighted by Crippen LogP contribution is 2.65. The zero-order valence-corrected chi connectivity index (χ0v) is 29.6. The van der Waals surface area contributed by atoms with E-state index in [1.807, 2.05) is 73.7 Å². The van der Waals surface area contributed by atoms with Crippen LogP contribution in [0.2, 0.25) is 5.02 Å². The molecule has 0 radical (unpaired) electrons. The molecule has 4 aromatic carbocycles. The van der Waals surface area contributed by atoms with Crippen molar-refractivity contribution in [2.45, 2.75) is 31.1 Å². The summed E-state index contributed by atoms with van der Waals surface area (Å²) in [5.41, 5.74) is 2.51. The van der Waals surface area contributed by atoms with Crippen LogP contribution in [0.25, 0.3) is 5.57 Å². The zero-order chi connectivity index (χ0) is 36.5. The molecule has 8 nitrogen and oxygen atoms in total. The van der Waals surface area contributed by atoms with E-state index >= 15 is 9.59 Å². The van der Waals surface area contributed by atoms with Gasteiger partial charge in [-0.05, 0) is 60.6 Å². The van der Waals surface area contributed by atoms with E-state index in [4.69, 9.17) is 21.1 Å². The van der Waals surface area contributed by atoms with Gasteiger partial charge in [-0.15, -0.1) is 0 Å². The van der Waals surface area contributed by atoms with Crippen LogP contribution in [0.4, 0.5) is 5.69 Å². The number of ether oxygens (including phenoxy) is 2. The maximum Gasteiger partial charge on any atom is 0.238 e. The van der Waals surface area contributed by atoms with Crippen LogP contribution in [0.3, 0.4) is 0 Å². The molecule has 2 amide bonds. The largest absolute Gasteiger partial charge is 0.508 e. The van der Waals surface area contributed by atoms with Crippen LogP contribution in [0.1, 0.15) is 41.0 Å². The molecule has 0 spiro atoms. The summed E-state index contributed by atoms with van der Waals surface area (Å²) in [5, 5.41) is 11.2. The maximum atomic E-state index is 15.3. The number of carbonyl (C=O) groups excluding carboxylic acids is 4. The number of anilines is 1. The SMILES string of the molecule is COc1cc(O)cc(OC)c1[C@H]1C2=CC[C@@H]3C(=O)N(c4ccc(C)c(Cl)c4)C(=O)[C@@H]3[C@@H]2C[C@H]2C(=O)C(c3ccccc3)=CC(=O)[C@@]12c1ccccc1. The topological polar surface area (TPSA) is 110 Å². The lowest BCUT2D eigenvalue weighted by atomic mass is 9.44. The Balaban J connectivity index is 1.40. The number of amides is 2. The Morgan fingerprint density at radius 1 is 0.827 bits per heavy atom. The highest BCUT2D eigenvalue weighted by atomic mass is 35.5. The fraction of sp³-hybridized carbons (Fsp3) is 0.256. The second-order valence-corrected chi connectivity index (χ2v) is 14.4. The number of hydrogen-bond donors (Lipinski definition) is 1. The van der Waals surface area contributed by atoms with Crippen molar-refractivity contribution in [1.29, 1.82) is 0 Å². The Kier molecular flexibility index (Phi) is 8.18. The lowest BCUT2D eigenvalue weighted by molar-refractivity contribution is -0.135. The van der Waals surface area contributed by atoms with Crippen molar-refractivity contribution in [1.82, 2.24) is 0 Å². The van der Waals surface area contributed by atoms with Gasteiger partial charge in [-0.25, -0.2) is 4.90 Å². The first-order valence-corrected chi connectivity index (χ1v) is 17.7. The fourth-order valence-corrected chi connectivity index (χ4v) is 9.55. The smallest absolute Gasteiger partial charge is 0.238 e. The molecule has 1 saturated carbocycles. The van der Waals surface area contributed by atoms with Gasteiger partial charge in [-0.1, -0.05) is 90.0 Å². The molecular formula is C43H36ClNO7. The Hall–Kier alpha value is -5.47. The molecule has 1 heterocycles. The van der Waals surface area contributed by atoms with E-state index in [0.717, 1.165) is 11.1 Å². The number of imide groups is 1. The molecule has 1 aliphatic heterocycles. The molecule has 6 atom stereocenters. The fourth-order valence-electron chi connectivity index (χ4n) is 9.37. The summed E-state index contributed by atoms with van der Waals surface area (Å²) in [6, 6.07) is 26.5. The molecule has 0 bridgehead atoms. The number of allylic oxidation sites excluding steroid dienone is 4. The number of aromatic hydroxyl groups is 1. The summed E-state index contributed by atoms with van der Waals surface area (Å²) in [7, 11) is 2.95. The molecule has 1 saturated heterocycles. The molecule has 52 heavy (non-hydrogen) atoms. The highest BCUT2D eigenvalue weighted by Gasteiger charge is 2.66. The Labute approximate surface area is 306 Å². The summed E-state index contributed by atoms with van der Waals surface area (Å²) in [5.74, 6) is -4.63. The third-order valence-electron chi connectivity index (χ3n) is 11.6. The minimum atomic E-state index is -1.49. The van der Waals surface area contributed by atoms with Crippen LogP contribution in [-0.4, -0.2) is 42.7 Å². The number of hydrogen-bond acceptors (Lipinski definition) is 7. The molecule has 4 aliphatic rings. The predicted molar refractivity (Wildman–Crippen MR) is 196 cm³/mol. The summed E-state index contributed by atoms with van der Waals surface area (Å²) in [4.78, 5) is 60.6. The minimum absolute atomic E-state index is 0.103. The maximum absolute atomic E-state index is 15.3. The Morgan fingerprint density at radius 3 is 2.12 bits per heavy atom. The standard InChI is InChI=1S/C43H36ClNO7/c1-23-14-15-26(18-33(23)44)45-41(49)29-17-16-28-31(37(29)42(45)50)21-32-40(48)30(24-10-6-4-7-11-24)22-36(47)43(32,25-12-8-5-9-13-25)39(28)38-34(51-2)19-27(46)20-35(38)52-3/h4-16,18-20,22,29,31-32,37,39,46H,17,21H2,1-3H3/t29-,31+,32-,37-,39+,43-/m0/s1. The quantitative estimate of drug-likeness (QED) is 0.164. The number of phenols is 1. The second kappa shape index (κ2) is 12.6. The molecule has 0 aromatic heterocycles. The van der Waals surface area contributed by atoms with Gasteiger partial charge >= 0.3 is 0 Å². The van der Waals surface area contributed by atoms with Gasteiger partial charge in [0.15, 0.2) is 11.6 Å². The van der Waals surface area contributed by atoms with Crippen LogP contribution in [0.5, 0.6) is 17.2 Å². The summed E-state index contributed by atoms with van der Waals surface area (Å²) in [6.07, 6.45) is 3.85. The van der Waals surface area contributed by atoms with E-state index in [1.54, 1.807) is 18.2 Å². The lowest BCUT2D eigenvalue weighted by Gasteiger charge is -2.55. The minimum Gasteiger partial charge on any atom is -0.508 e. The monoisotopic (exact) mass is 713 g/mol. The number of phenolic OH excluding ortho intramolecular Hbond substituents is 1. The first-order chi connectivity index (χ1) is 25.1. The van der Waals surface area contributed by atoms with Gasteiger partial charge in [0.05, 0.1) is 37.2 Å². The molecule has 2 fully saturated rings. The number of halogens is 1. The van der Waals surface area contributed by atoms with E-state index in [9.17, 15) is 14.7 Å². The molecule has 3 aliphatic carbocycles. The number of rotatable bonds is 6. The van der Waals surface area contributed by atoms with Gasteiger partial charge in [0.1, 0.15) is 17.2 Å². The molecule has 9 heteroatoms. The van der Waals surface area contributed by atoms with Crippen LogP contribution in [-0.2, 0) is 24.6 Å². The van der Waals surface area contributed by atoms with Crippen LogP contribution in [0.15, 0.2) is 109 Å². The van der Waals surface area contributed by atoms with E-state index in [2.05, 4.69) is 0 Å². The molecule has 8 rings (SSSR count). The lowest BCUT2D eigenvalue weighted by Crippen LogP contribution is -2.59. The number of carbonyl (C=O) groups is 4. The molecule has 0 unspecified atom stereocenters. The van der Waals surface area contributed by atoms with Crippen molar-refractivity contribution < 1.29 is 33.8 Å². The van der Waals surface area contributed by atoms with Crippen molar-refractivity contribution in [2.75, 3.05) is 19.1 Å². The number of aryl methyl sites for hydroxylation is 1. The number of benzene rings is 4. The van der Waals surface area contributed by atoms with Gasteiger partial charge in [0.25, 0.3) is 0 Å². The number of methoxy groups -OCH3 is 2. The van der Waals surface area contributed by atoms with Crippen LogP contribution >= 0.6 is 11.6 Å². The van der Waals surface area contributed by atoms with Crippen molar-refractivity contribution in [3.63, 3.8) is 0 Å². The molecule has 262 valence electrons. The first kappa shape index (κ1) is 33.7. The van der Waals surface area contributed by atoms with Crippen molar-refractivity contribution in [3.8, 4) is 17.2 Å². The Bertz CT molecular complexity index is 2200. The average molecular weight is 714 g/mol. The second-order valence-electron chi connectivity index (χ2n) is 14.0. The van der Waals surface area contributed by atoms with Crippen LogP contribution in [0, 0.1) is 30.6 Å². The van der Waals surface area contributed by atoms with Gasteiger partial charge in [0, 0.05) is 40.1 Å². The van der Waals surface area contributed by atoms with E-state index in [-0.39, 0.29) is 53.5 Å². The van der Waals surface area contributed by atoms with E-state index in [0.29, 0.717) is 33.0 Å². The molecule has 1 N–H and O–H groups in total. The summed E-state index contributed by atoms with van der Waals surface area (Å²) >= 11 is 6.47. The predicted octanol–water partition coefficient (Wildman–Crippen LogP) is 7.40. The van der Waals surface area contributed by atoms with Crippen molar-refractivity contribution in [3.05, 3.63) is 136 Å². The number of ketones is 2. The first-order valence-electron chi connectivity index (χ1n) is 17.3. The van der Waals surface area contributed by atoms with Crippen molar-refractivity contribution >= 4 is 46.2 Å². The van der Waals surface area contributed by atoms with Gasteiger partial charge in [-0.3, -0.25) is 19.2 Å². The zero-order valence-electron chi connectivity index (χ0n) is 28.8. The third kappa shape index (κ3) is 4.80. The van der Waals surface area contributed by atoms with Gasteiger partial charge < -0.3 is 14.6 Å². The van der Waals surface area contributed by atoms with Gasteiger partial charge in [-0.2, -0.15) is 0 Å². The molecule has 4 aromatic rings. The van der Waals surface area contributed by atoms with Crippen LogP contribution < -0.4 is 14.4 Å².